The largest absolute Gasteiger partial charge is 0.376 e. The molecule has 0 radical (unpaired) electrons. The van der Waals surface area contributed by atoms with Crippen molar-refractivity contribution in [3.63, 3.8) is 0 Å². The summed E-state index contributed by atoms with van der Waals surface area (Å²) in [5.41, 5.74) is 1.73. The third kappa shape index (κ3) is 3.75. The maximum atomic E-state index is 12.6. The maximum Gasteiger partial charge on any atom is 0.274 e. The van der Waals surface area contributed by atoms with E-state index in [4.69, 9.17) is 4.74 Å². The van der Waals surface area contributed by atoms with E-state index < -0.39 is 0 Å². The van der Waals surface area contributed by atoms with Crippen LogP contribution in [0.25, 0.3) is 0 Å². The zero-order valence-corrected chi connectivity index (χ0v) is 16.0. The van der Waals surface area contributed by atoms with Gasteiger partial charge >= 0.3 is 0 Å². The molecule has 0 N–H and O–H groups in total. The number of hydrogen-bond donors (Lipinski definition) is 0. The van der Waals surface area contributed by atoms with Crippen LogP contribution in [0.3, 0.4) is 0 Å². The number of aromatic nitrogens is 3. The molecule has 2 fully saturated rings. The van der Waals surface area contributed by atoms with Gasteiger partial charge in [0.05, 0.1) is 12.1 Å². The van der Waals surface area contributed by atoms with Gasteiger partial charge < -0.3 is 9.64 Å². The SMILES string of the molecule is CN1CCC(COCc2cccnc2)CC12CN(C(=O)c1ccn(C)n1)C2. The second-order valence-corrected chi connectivity index (χ2v) is 7.92. The number of carbonyl (C=O) groups is 1. The van der Waals surface area contributed by atoms with Crippen LogP contribution in [-0.2, 0) is 18.4 Å². The number of piperidine rings is 1. The summed E-state index contributed by atoms with van der Waals surface area (Å²) in [7, 11) is 4.01. The molecule has 2 aliphatic rings. The predicted octanol–water partition coefficient (Wildman–Crippen LogP) is 1.57. The Bertz CT molecular complexity index is 785. The van der Waals surface area contributed by atoms with Crippen LogP contribution in [0.2, 0.25) is 0 Å². The van der Waals surface area contributed by atoms with Crippen LogP contribution < -0.4 is 0 Å². The minimum absolute atomic E-state index is 0.0320. The Morgan fingerprint density at radius 2 is 2.19 bits per heavy atom. The average Bonchev–Trinajstić information content (AvgIpc) is 3.08. The molecule has 4 rings (SSSR count). The summed E-state index contributed by atoms with van der Waals surface area (Å²) in [5, 5.41) is 4.24. The van der Waals surface area contributed by atoms with Crippen molar-refractivity contribution in [2.75, 3.05) is 33.3 Å². The summed E-state index contributed by atoms with van der Waals surface area (Å²) >= 11 is 0. The van der Waals surface area contributed by atoms with Crippen molar-refractivity contribution in [1.82, 2.24) is 24.6 Å². The molecule has 2 aromatic heterocycles. The molecule has 0 saturated carbocycles. The number of likely N-dealkylation sites (tertiary alicyclic amines) is 2. The van der Waals surface area contributed by atoms with E-state index >= 15 is 0 Å². The fourth-order valence-electron chi connectivity index (χ4n) is 4.25. The number of pyridine rings is 1. The molecule has 0 aromatic carbocycles. The number of nitrogens with zero attached hydrogens (tertiary/aromatic N) is 5. The van der Waals surface area contributed by atoms with Crippen LogP contribution in [-0.4, -0.2) is 69.3 Å². The van der Waals surface area contributed by atoms with E-state index in [-0.39, 0.29) is 11.4 Å². The summed E-state index contributed by atoms with van der Waals surface area (Å²) in [5.74, 6) is 0.564. The molecule has 2 aromatic rings. The van der Waals surface area contributed by atoms with E-state index in [1.807, 2.05) is 36.5 Å². The zero-order chi connectivity index (χ0) is 18.9. The number of amides is 1. The molecule has 0 aliphatic carbocycles. The van der Waals surface area contributed by atoms with Crippen LogP contribution in [0.5, 0.6) is 0 Å². The van der Waals surface area contributed by atoms with Crippen molar-refractivity contribution in [3.8, 4) is 0 Å². The summed E-state index contributed by atoms with van der Waals surface area (Å²) in [4.78, 5) is 21.0. The zero-order valence-electron chi connectivity index (χ0n) is 16.0. The minimum atomic E-state index is 0.0320. The van der Waals surface area contributed by atoms with Gasteiger partial charge in [-0.25, -0.2) is 0 Å². The van der Waals surface area contributed by atoms with Gasteiger partial charge in [-0.05, 0) is 50.0 Å². The van der Waals surface area contributed by atoms with Gasteiger partial charge in [0.15, 0.2) is 0 Å². The van der Waals surface area contributed by atoms with Crippen molar-refractivity contribution < 1.29 is 9.53 Å². The first-order chi connectivity index (χ1) is 13.1. The highest BCUT2D eigenvalue weighted by molar-refractivity contribution is 5.93. The van der Waals surface area contributed by atoms with Crippen molar-refractivity contribution >= 4 is 5.91 Å². The fourth-order valence-corrected chi connectivity index (χ4v) is 4.25. The molecule has 1 amide bonds. The molecule has 2 saturated heterocycles. The van der Waals surface area contributed by atoms with Crippen molar-refractivity contribution in [1.29, 1.82) is 0 Å². The highest BCUT2D eigenvalue weighted by atomic mass is 16.5. The molecule has 144 valence electrons. The Morgan fingerprint density at radius 1 is 1.33 bits per heavy atom. The quantitative estimate of drug-likeness (QED) is 0.801. The smallest absolute Gasteiger partial charge is 0.274 e. The first-order valence-electron chi connectivity index (χ1n) is 9.52. The Morgan fingerprint density at radius 3 is 2.89 bits per heavy atom. The van der Waals surface area contributed by atoms with E-state index in [0.717, 1.165) is 44.6 Å². The van der Waals surface area contributed by atoms with Gasteiger partial charge in [0.1, 0.15) is 5.69 Å². The summed E-state index contributed by atoms with van der Waals surface area (Å²) in [6.45, 7) is 3.97. The van der Waals surface area contributed by atoms with Crippen molar-refractivity contribution in [2.45, 2.75) is 25.0 Å². The lowest BCUT2D eigenvalue weighted by Crippen LogP contribution is -2.72. The van der Waals surface area contributed by atoms with Gasteiger partial charge in [-0.1, -0.05) is 6.07 Å². The van der Waals surface area contributed by atoms with Gasteiger partial charge in [-0.2, -0.15) is 5.10 Å². The maximum absolute atomic E-state index is 12.6. The normalized spacial score (nSPS) is 22.0. The molecular weight excluding hydrogens is 342 g/mol. The fraction of sp³-hybridized carbons (Fsp3) is 0.550. The highest BCUT2D eigenvalue weighted by Crippen LogP contribution is 2.38. The van der Waals surface area contributed by atoms with Crippen molar-refractivity contribution in [2.24, 2.45) is 13.0 Å². The number of hydrogen-bond acceptors (Lipinski definition) is 5. The van der Waals surface area contributed by atoms with E-state index in [2.05, 4.69) is 22.0 Å². The molecule has 1 atom stereocenters. The van der Waals surface area contributed by atoms with Gasteiger partial charge in [-0.15, -0.1) is 0 Å². The summed E-state index contributed by atoms with van der Waals surface area (Å²) in [6, 6.07) is 5.76. The molecule has 7 heteroatoms. The standard InChI is InChI=1S/C20H27N5O2/c1-23-8-5-16(12-27-13-17-4-3-7-21-11-17)10-20(23)14-25(15-20)19(26)18-6-9-24(2)22-18/h3-4,6-7,9,11,16H,5,8,10,12-15H2,1-2H3. The second-order valence-electron chi connectivity index (χ2n) is 7.92. The van der Waals surface area contributed by atoms with Gasteiger partial charge in [-0.3, -0.25) is 19.4 Å². The highest BCUT2D eigenvalue weighted by Gasteiger charge is 2.51. The van der Waals surface area contributed by atoms with Crippen LogP contribution in [0.15, 0.2) is 36.8 Å². The summed E-state index contributed by atoms with van der Waals surface area (Å²) < 4.78 is 7.62. The van der Waals surface area contributed by atoms with Crippen LogP contribution in [0.1, 0.15) is 28.9 Å². The molecule has 2 aliphatic heterocycles. The number of ether oxygens (including phenoxy) is 1. The average molecular weight is 369 g/mol. The molecule has 7 nitrogen and oxygen atoms in total. The number of aryl methyl sites for hydroxylation is 1. The molecule has 4 heterocycles. The molecule has 1 unspecified atom stereocenters. The Balaban J connectivity index is 1.30. The predicted molar refractivity (Wildman–Crippen MR) is 101 cm³/mol. The topological polar surface area (TPSA) is 63.5 Å². The third-order valence-corrected chi connectivity index (χ3v) is 5.89. The van der Waals surface area contributed by atoms with Gasteiger partial charge in [0.25, 0.3) is 5.91 Å². The lowest BCUT2D eigenvalue weighted by Gasteiger charge is -2.58. The van der Waals surface area contributed by atoms with E-state index in [1.54, 1.807) is 16.9 Å². The second kappa shape index (κ2) is 7.40. The molecule has 1 spiro atoms. The van der Waals surface area contributed by atoms with Crippen LogP contribution in [0, 0.1) is 5.92 Å². The first-order valence-corrected chi connectivity index (χ1v) is 9.52. The minimum Gasteiger partial charge on any atom is -0.376 e. The lowest BCUT2D eigenvalue weighted by atomic mass is 9.75. The van der Waals surface area contributed by atoms with Crippen molar-refractivity contribution in [3.05, 3.63) is 48.0 Å². The monoisotopic (exact) mass is 369 g/mol. The Hall–Kier alpha value is -2.25. The number of rotatable bonds is 5. The number of carbonyl (C=O) groups excluding carboxylic acids is 1. The van der Waals surface area contributed by atoms with E-state index in [9.17, 15) is 4.79 Å². The first kappa shape index (κ1) is 18.1. The molecule has 27 heavy (non-hydrogen) atoms. The van der Waals surface area contributed by atoms with E-state index in [0.29, 0.717) is 18.2 Å². The van der Waals surface area contributed by atoms with Gasteiger partial charge in [0, 0.05) is 45.3 Å². The Labute approximate surface area is 159 Å². The molecule has 0 bridgehead atoms. The Kier molecular flexibility index (Phi) is 4.97. The van der Waals surface area contributed by atoms with E-state index in [1.165, 1.54) is 0 Å². The van der Waals surface area contributed by atoms with Crippen LogP contribution >= 0.6 is 0 Å². The van der Waals surface area contributed by atoms with Crippen LogP contribution in [0.4, 0.5) is 0 Å². The number of likely N-dealkylation sites (N-methyl/N-ethyl adjacent to an activating group) is 1. The lowest BCUT2D eigenvalue weighted by molar-refractivity contribution is -0.0769. The summed E-state index contributed by atoms with van der Waals surface area (Å²) in [6.07, 6.45) is 7.65. The van der Waals surface area contributed by atoms with Gasteiger partial charge in [0.2, 0.25) is 0 Å². The molecular formula is C20H27N5O2. The third-order valence-electron chi connectivity index (χ3n) is 5.89.